The van der Waals surface area contributed by atoms with Crippen molar-refractivity contribution < 1.29 is 47.6 Å². The number of nitrogens with zero attached hydrogens (tertiary/aromatic N) is 1. The summed E-state index contributed by atoms with van der Waals surface area (Å²) in [6.45, 7) is -1.47. The third-order valence-electron chi connectivity index (χ3n) is 3.47. The molecule has 2 rings (SSSR count). The predicted octanol–water partition coefficient (Wildman–Crippen LogP) is -2.37. The number of nitrogens with one attached hydrogen (secondary N) is 1. The van der Waals surface area contributed by atoms with Gasteiger partial charge in [0.1, 0.15) is 6.10 Å². The van der Waals surface area contributed by atoms with Crippen molar-refractivity contribution in [3.8, 4) is 0 Å². The summed E-state index contributed by atoms with van der Waals surface area (Å²) < 4.78 is 36.2. The lowest BCUT2D eigenvalue weighted by Crippen LogP contribution is -2.36. The minimum atomic E-state index is -5.31. The van der Waals surface area contributed by atoms with E-state index in [0.717, 1.165) is 16.8 Å². The number of rotatable bonds is 7. The summed E-state index contributed by atoms with van der Waals surface area (Å²) in [6.07, 6.45) is -3.01. The van der Waals surface area contributed by atoms with E-state index in [0.29, 0.717) is 0 Å². The van der Waals surface area contributed by atoms with Crippen molar-refractivity contribution in [1.82, 2.24) is 9.55 Å². The van der Waals surface area contributed by atoms with E-state index in [1.54, 1.807) is 0 Å². The summed E-state index contributed by atoms with van der Waals surface area (Å²) in [6, 6.07) is 0.991. The molecule has 1 aliphatic rings. The maximum atomic E-state index is 11.8. The SMILES string of the molecule is O=c1ccn([C@@H]2O[C@H](COP(=O)(O)OP(=O)(O)O)[C@@H](CO)[C@H]2O)c(=O)[nH]1. The Hall–Kier alpha value is -1.18. The third-order valence-corrected chi connectivity index (χ3v) is 5.62. The third kappa shape index (κ3) is 5.18. The Kier molecular flexibility index (Phi) is 6.36. The largest absolute Gasteiger partial charge is 0.481 e. The second-order valence-electron chi connectivity index (χ2n) is 5.26. The number of hydrogen-bond donors (Lipinski definition) is 6. The molecule has 16 heteroatoms. The Morgan fingerprint density at radius 2 is 1.92 bits per heavy atom. The topological polar surface area (TPSA) is 218 Å². The van der Waals surface area contributed by atoms with Gasteiger partial charge in [-0.1, -0.05) is 0 Å². The summed E-state index contributed by atoms with van der Waals surface area (Å²) in [5.41, 5.74) is -1.59. The van der Waals surface area contributed by atoms with Crippen molar-refractivity contribution in [2.75, 3.05) is 13.2 Å². The van der Waals surface area contributed by atoms with Gasteiger partial charge in [0, 0.05) is 18.2 Å². The fourth-order valence-electron chi connectivity index (χ4n) is 2.36. The van der Waals surface area contributed by atoms with E-state index < -0.39 is 64.5 Å². The number of phosphoric ester groups is 1. The van der Waals surface area contributed by atoms with E-state index in [4.69, 9.17) is 14.5 Å². The smallest absolute Gasteiger partial charge is 0.396 e. The highest BCUT2D eigenvalue weighted by Crippen LogP contribution is 2.57. The van der Waals surface area contributed by atoms with Gasteiger partial charge in [0.15, 0.2) is 6.23 Å². The second-order valence-corrected chi connectivity index (χ2v) is 8.09. The van der Waals surface area contributed by atoms with Crippen LogP contribution in [0.3, 0.4) is 0 Å². The number of aromatic nitrogens is 2. The fraction of sp³-hybridized carbons (Fsp3) is 0.600. The Labute approximate surface area is 144 Å². The highest BCUT2D eigenvalue weighted by Gasteiger charge is 2.46. The minimum Gasteiger partial charge on any atom is -0.396 e. The Bertz CT molecular complexity index is 845. The number of ether oxygens (including phenoxy) is 1. The van der Waals surface area contributed by atoms with Gasteiger partial charge in [-0.15, -0.1) is 0 Å². The van der Waals surface area contributed by atoms with Crippen LogP contribution >= 0.6 is 15.6 Å². The van der Waals surface area contributed by atoms with Crippen molar-refractivity contribution >= 4 is 15.6 Å². The highest BCUT2D eigenvalue weighted by molar-refractivity contribution is 7.60. The molecule has 0 aromatic carbocycles. The normalized spacial score (nSPS) is 28.8. The first-order valence-corrected chi connectivity index (χ1v) is 9.96. The maximum Gasteiger partial charge on any atom is 0.481 e. The zero-order valence-corrected chi connectivity index (χ0v) is 14.6. The van der Waals surface area contributed by atoms with Gasteiger partial charge in [-0.3, -0.25) is 18.9 Å². The number of aliphatic hydroxyl groups excluding tert-OH is 2. The minimum absolute atomic E-state index is 0.668. The number of aliphatic hydroxyl groups is 2. The summed E-state index contributed by atoms with van der Waals surface area (Å²) in [4.78, 5) is 51.1. The van der Waals surface area contributed by atoms with E-state index in [-0.39, 0.29) is 0 Å². The van der Waals surface area contributed by atoms with Crippen molar-refractivity contribution in [2.24, 2.45) is 5.92 Å². The van der Waals surface area contributed by atoms with Crippen molar-refractivity contribution in [3.63, 3.8) is 0 Å². The number of phosphoric acid groups is 2. The molecular weight excluding hydrogens is 402 g/mol. The van der Waals surface area contributed by atoms with Crippen molar-refractivity contribution in [2.45, 2.75) is 18.4 Å². The van der Waals surface area contributed by atoms with Gasteiger partial charge < -0.3 is 29.6 Å². The summed E-state index contributed by atoms with van der Waals surface area (Å²) in [5, 5.41) is 19.6. The Morgan fingerprint density at radius 1 is 1.27 bits per heavy atom. The van der Waals surface area contributed by atoms with Crippen molar-refractivity contribution in [3.05, 3.63) is 33.1 Å². The monoisotopic (exact) mass is 418 g/mol. The van der Waals surface area contributed by atoms with E-state index >= 15 is 0 Å². The molecule has 1 saturated heterocycles. The Morgan fingerprint density at radius 3 is 2.46 bits per heavy atom. The molecule has 0 amide bonds. The highest BCUT2D eigenvalue weighted by atomic mass is 31.3. The van der Waals surface area contributed by atoms with Gasteiger partial charge in [0.05, 0.1) is 19.3 Å². The van der Waals surface area contributed by atoms with E-state index in [9.17, 15) is 33.8 Å². The van der Waals surface area contributed by atoms with E-state index in [2.05, 4.69) is 8.83 Å². The van der Waals surface area contributed by atoms with Crippen LogP contribution in [0.4, 0.5) is 0 Å². The molecule has 0 radical (unpaired) electrons. The molecule has 1 fully saturated rings. The molecule has 2 heterocycles. The molecule has 0 aliphatic carbocycles. The standard InChI is InChI=1S/C10H16N2O12P2/c13-3-5-6(4-22-26(20,21)24-25(17,18)19)23-9(8(5)15)12-2-1-7(14)11-10(12)16/h1-2,5-6,8-9,13,15H,3-4H2,(H,20,21)(H,11,14,16)(H2,17,18,19)/t5-,6-,8-,9-/m1/s1. The molecule has 0 bridgehead atoms. The van der Waals surface area contributed by atoms with Gasteiger partial charge in [-0.05, 0) is 0 Å². The van der Waals surface area contributed by atoms with E-state index in [1.165, 1.54) is 0 Å². The average Bonchev–Trinajstić information content (AvgIpc) is 2.79. The van der Waals surface area contributed by atoms with Crippen LogP contribution < -0.4 is 11.2 Å². The molecular formula is C10H16N2O12P2. The van der Waals surface area contributed by atoms with Crippen LogP contribution in [0.1, 0.15) is 6.23 Å². The molecule has 5 atom stereocenters. The first-order chi connectivity index (χ1) is 11.9. The molecule has 148 valence electrons. The molecule has 0 saturated carbocycles. The maximum absolute atomic E-state index is 11.8. The molecule has 0 spiro atoms. The number of hydrogen-bond acceptors (Lipinski definition) is 9. The second kappa shape index (κ2) is 7.82. The molecule has 1 aromatic heterocycles. The van der Waals surface area contributed by atoms with Crippen LogP contribution in [0, 0.1) is 5.92 Å². The average molecular weight is 418 g/mol. The quantitative estimate of drug-likeness (QED) is 0.256. The van der Waals surface area contributed by atoms with Crippen LogP contribution in [0.25, 0.3) is 0 Å². The fourth-order valence-corrected chi connectivity index (χ4v) is 3.96. The lowest BCUT2D eigenvalue weighted by atomic mass is 9.99. The lowest BCUT2D eigenvalue weighted by molar-refractivity contribution is -0.0532. The first kappa shape index (κ1) is 21.1. The molecule has 1 aromatic rings. The van der Waals surface area contributed by atoms with Crippen LogP contribution in [0.15, 0.2) is 21.9 Å². The predicted molar refractivity (Wildman–Crippen MR) is 80.7 cm³/mol. The summed E-state index contributed by atoms with van der Waals surface area (Å²) in [7, 11) is -10.5. The summed E-state index contributed by atoms with van der Waals surface area (Å²) >= 11 is 0. The first-order valence-electron chi connectivity index (χ1n) is 6.93. The zero-order chi connectivity index (χ0) is 19.7. The zero-order valence-electron chi connectivity index (χ0n) is 12.8. The Balaban J connectivity index is 2.15. The molecule has 1 aliphatic heterocycles. The molecule has 1 unspecified atom stereocenters. The van der Waals surface area contributed by atoms with Gasteiger partial charge in [-0.2, -0.15) is 4.31 Å². The van der Waals surface area contributed by atoms with Crippen LogP contribution in [-0.4, -0.2) is 59.9 Å². The van der Waals surface area contributed by atoms with Crippen LogP contribution in [0.5, 0.6) is 0 Å². The lowest BCUT2D eigenvalue weighted by Gasteiger charge is -2.19. The van der Waals surface area contributed by atoms with Crippen molar-refractivity contribution in [1.29, 1.82) is 0 Å². The number of aromatic amines is 1. The molecule has 26 heavy (non-hydrogen) atoms. The summed E-state index contributed by atoms with van der Waals surface area (Å²) in [5.74, 6) is -1.08. The van der Waals surface area contributed by atoms with Gasteiger partial charge in [0.2, 0.25) is 0 Å². The van der Waals surface area contributed by atoms with Crippen LogP contribution in [-0.2, 0) is 22.7 Å². The molecule has 6 N–H and O–H groups in total. The van der Waals surface area contributed by atoms with Gasteiger partial charge in [0.25, 0.3) is 5.56 Å². The number of H-pyrrole nitrogens is 1. The van der Waals surface area contributed by atoms with Crippen LogP contribution in [0.2, 0.25) is 0 Å². The van der Waals surface area contributed by atoms with Gasteiger partial charge in [-0.25, -0.2) is 13.9 Å². The van der Waals surface area contributed by atoms with E-state index in [1.807, 2.05) is 4.98 Å². The molecule has 14 nitrogen and oxygen atoms in total. The van der Waals surface area contributed by atoms with Gasteiger partial charge >= 0.3 is 21.3 Å².